The van der Waals surface area contributed by atoms with Gasteiger partial charge in [0.05, 0.1) is 10.9 Å². The number of benzene rings is 2. The highest BCUT2D eigenvalue weighted by Gasteiger charge is 2.08. The first-order chi connectivity index (χ1) is 11.1. The zero-order chi connectivity index (χ0) is 16.4. The molecule has 0 amide bonds. The summed E-state index contributed by atoms with van der Waals surface area (Å²) in [7, 11) is 0. The molecule has 2 aromatic carbocycles. The van der Waals surface area contributed by atoms with Crippen LogP contribution in [0.5, 0.6) is 0 Å². The second-order valence-corrected chi connectivity index (χ2v) is 6.62. The highest BCUT2D eigenvalue weighted by atomic mass is 127. The molecule has 0 fully saturated rings. The molecule has 0 bridgehead atoms. The molecule has 1 aromatic heterocycles. The van der Waals surface area contributed by atoms with Gasteiger partial charge in [0.1, 0.15) is 5.82 Å². The van der Waals surface area contributed by atoms with E-state index in [4.69, 9.17) is 0 Å². The van der Waals surface area contributed by atoms with E-state index in [1.165, 1.54) is 5.56 Å². The zero-order valence-electron chi connectivity index (χ0n) is 13.1. The average molecular weight is 416 g/mol. The lowest BCUT2D eigenvalue weighted by Crippen LogP contribution is -2.23. The first kappa shape index (κ1) is 15.9. The van der Waals surface area contributed by atoms with Gasteiger partial charge in [-0.2, -0.15) is 0 Å². The molecule has 4 heteroatoms. The fourth-order valence-electron chi connectivity index (χ4n) is 2.58. The lowest BCUT2D eigenvalue weighted by Gasteiger charge is -2.09. The van der Waals surface area contributed by atoms with Gasteiger partial charge in [0.2, 0.25) is 0 Å². The van der Waals surface area contributed by atoms with Gasteiger partial charge in [-0.1, -0.05) is 30.3 Å². The Morgan fingerprint density at radius 2 is 1.96 bits per heavy atom. The van der Waals surface area contributed by atoms with Crippen molar-refractivity contribution in [2.24, 2.45) is 0 Å². The fourth-order valence-corrected chi connectivity index (χ4v) is 3.07. The summed E-state index contributed by atoms with van der Waals surface area (Å²) in [6.45, 7) is 4.64. The summed E-state index contributed by atoms with van der Waals surface area (Å²) in [6, 6.07) is 13.9. The van der Waals surface area contributed by atoms with Crippen LogP contribution in [-0.2, 0) is 6.54 Å². The Labute approximate surface area is 148 Å². The normalized spacial score (nSPS) is 11.4. The molecule has 0 atom stereocenters. The topological polar surface area (TPSA) is 34.9 Å². The van der Waals surface area contributed by atoms with Gasteiger partial charge < -0.3 is 0 Å². The quantitative estimate of drug-likeness (QED) is 0.590. The molecule has 0 aliphatic rings. The van der Waals surface area contributed by atoms with Crippen molar-refractivity contribution >= 4 is 45.6 Å². The summed E-state index contributed by atoms with van der Waals surface area (Å²) in [5.41, 5.74) is 3.08. The molecule has 0 unspecified atom stereocenters. The van der Waals surface area contributed by atoms with Crippen LogP contribution in [0.25, 0.3) is 23.1 Å². The Morgan fingerprint density at radius 1 is 1.17 bits per heavy atom. The second kappa shape index (κ2) is 6.66. The molecule has 0 saturated carbocycles. The molecular formula is C19H17IN2O. The molecule has 0 aliphatic carbocycles. The minimum atomic E-state index is 0.0143. The van der Waals surface area contributed by atoms with E-state index in [0.717, 1.165) is 14.7 Å². The third kappa shape index (κ3) is 3.22. The van der Waals surface area contributed by atoms with Crippen LogP contribution in [-0.4, -0.2) is 9.55 Å². The molecule has 0 N–H and O–H groups in total. The largest absolute Gasteiger partial charge is 0.293 e. The molecule has 0 saturated heterocycles. The molecule has 23 heavy (non-hydrogen) atoms. The Hall–Kier alpha value is -1.95. The van der Waals surface area contributed by atoms with E-state index in [-0.39, 0.29) is 5.56 Å². The summed E-state index contributed by atoms with van der Waals surface area (Å²) >= 11 is 2.22. The number of hydrogen-bond donors (Lipinski definition) is 0. The minimum absolute atomic E-state index is 0.0143. The van der Waals surface area contributed by atoms with E-state index in [0.29, 0.717) is 17.8 Å². The second-order valence-electron chi connectivity index (χ2n) is 5.37. The molecule has 116 valence electrons. The van der Waals surface area contributed by atoms with Gasteiger partial charge in [0.15, 0.2) is 0 Å². The standard InChI is InChI=1S/C19H17IN2O/c1-3-22-18(11-8-14-7-5-4-6-13(14)2)21-17-10-9-15(20)12-16(17)19(22)23/h4-12H,3H2,1-2H3/b11-8+. The maximum atomic E-state index is 12.7. The minimum Gasteiger partial charge on any atom is -0.293 e. The third-order valence-corrected chi connectivity index (χ3v) is 4.53. The summed E-state index contributed by atoms with van der Waals surface area (Å²) < 4.78 is 2.76. The number of nitrogens with zero attached hydrogens (tertiary/aromatic N) is 2. The molecule has 1 heterocycles. The highest BCUT2D eigenvalue weighted by molar-refractivity contribution is 14.1. The number of rotatable bonds is 3. The van der Waals surface area contributed by atoms with E-state index in [1.54, 1.807) is 4.57 Å². The smallest absolute Gasteiger partial charge is 0.261 e. The van der Waals surface area contributed by atoms with E-state index in [9.17, 15) is 4.79 Å². The van der Waals surface area contributed by atoms with Crippen LogP contribution in [0.4, 0.5) is 0 Å². The van der Waals surface area contributed by atoms with E-state index >= 15 is 0 Å². The first-order valence-corrected chi connectivity index (χ1v) is 8.62. The Kier molecular flexibility index (Phi) is 4.61. The van der Waals surface area contributed by atoms with Crippen molar-refractivity contribution in [3.63, 3.8) is 0 Å². The molecule has 0 spiro atoms. The van der Waals surface area contributed by atoms with Gasteiger partial charge in [-0.15, -0.1) is 0 Å². The number of hydrogen-bond acceptors (Lipinski definition) is 2. The maximum Gasteiger partial charge on any atom is 0.261 e. The van der Waals surface area contributed by atoms with Crippen LogP contribution in [0.3, 0.4) is 0 Å². The highest BCUT2D eigenvalue weighted by Crippen LogP contribution is 2.15. The molecule has 3 nitrogen and oxygen atoms in total. The Morgan fingerprint density at radius 3 is 2.70 bits per heavy atom. The van der Waals surface area contributed by atoms with Gasteiger partial charge in [-0.25, -0.2) is 4.98 Å². The number of aromatic nitrogens is 2. The number of fused-ring (bicyclic) bond motifs is 1. The van der Waals surface area contributed by atoms with Crippen LogP contribution in [0.1, 0.15) is 23.9 Å². The lowest BCUT2D eigenvalue weighted by atomic mass is 10.1. The van der Waals surface area contributed by atoms with Gasteiger partial charge in [0.25, 0.3) is 5.56 Å². The lowest BCUT2D eigenvalue weighted by molar-refractivity contribution is 0.708. The van der Waals surface area contributed by atoms with Crippen molar-refractivity contribution in [3.8, 4) is 0 Å². The molecular weight excluding hydrogens is 399 g/mol. The predicted molar refractivity (Wildman–Crippen MR) is 105 cm³/mol. The van der Waals surface area contributed by atoms with Crippen molar-refractivity contribution in [1.29, 1.82) is 0 Å². The predicted octanol–water partition coefficient (Wildman–Crippen LogP) is 4.50. The van der Waals surface area contributed by atoms with Crippen LogP contribution < -0.4 is 5.56 Å². The van der Waals surface area contributed by atoms with E-state index in [1.807, 2.05) is 49.4 Å². The number of aryl methyl sites for hydroxylation is 1. The Balaban J connectivity index is 2.16. The summed E-state index contributed by atoms with van der Waals surface area (Å²) in [5.74, 6) is 0.689. The van der Waals surface area contributed by atoms with Crippen molar-refractivity contribution in [1.82, 2.24) is 9.55 Å². The molecule has 3 aromatic rings. The van der Waals surface area contributed by atoms with Crippen molar-refractivity contribution in [2.75, 3.05) is 0 Å². The van der Waals surface area contributed by atoms with Crippen molar-refractivity contribution in [3.05, 3.63) is 73.3 Å². The summed E-state index contributed by atoms with van der Waals surface area (Å²) in [5, 5.41) is 0.673. The van der Waals surface area contributed by atoms with Gasteiger partial charge in [-0.05, 0) is 71.8 Å². The zero-order valence-corrected chi connectivity index (χ0v) is 15.2. The van der Waals surface area contributed by atoms with Crippen LogP contribution in [0, 0.1) is 10.5 Å². The van der Waals surface area contributed by atoms with Crippen LogP contribution >= 0.6 is 22.6 Å². The van der Waals surface area contributed by atoms with Gasteiger partial charge in [0, 0.05) is 10.1 Å². The van der Waals surface area contributed by atoms with Gasteiger partial charge in [-0.3, -0.25) is 9.36 Å². The first-order valence-electron chi connectivity index (χ1n) is 7.54. The Bertz CT molecular complexity index is 957. The fraction of sp³-hybridized carbons (Fsp3) is 0.158. The monoisotopic (exact) mass is 416 g/mol. The van der Waals surface area contributed by atoms with Crippen LogP contribution in [0.15, 0.2) is 47.3 Å². The maximum absolute atomic E-state index is 12.7. The SMILES string of the molecule is CCn1c(/C=C/c2ccccc2C)nc2ccc(I)cc2c1=O. The van der Waals surface area contributed by atoms with Crippen molar-refractivity contribution in [2.45, 2.75) is 20.4 Å². The molecule has 0 aliphatic heterocycles. The van der Waals surface area contributed by atoms with Gasteiger partial charge >= 0.3 is 0 Å². The number of halogens is 1. The molecule has 3 rings (SSSR count). The molecule has 0 radical (unpaired) electrons. The summed E-state index contributed by atoms with van der Waals surface area (Å²) in [6.07, 6.45) is 3.94. The van der Waals surface area contributed by atoms with E-state index < -0.39 is 0 Å². The average Bonchev–Trinajstić information content (AvgIpc) is 2.55. The van der Waals surface area contributed by atoms with E-state index in [2.05, 4.69) is 46.6 Å². The van der Waals surface area contributed by atoms with Crippen LogP contribution in [0.2, 0.25) is 0 Å². The van der Waals surface area contributed by atoms with Crippen molar-refractivity contribution < 1.29 is 0 Å². The summed E-state index contributed by atoms with van der Waals surface area (Å²) in [4.78, 5) is 17.4. The third-order valence-electron chi connectivity index (χ3n) is 3.86.